The molecule has 0 unspecified atom stereocenters. The highest BCUT2D eigenvalue weighted by molar-refractivity contribution is 7.92. The number of para-hydroxylation sites is 1. The zero-order valence-corrected chi connectivity index (χ0v) is 19.2. The molecule has 33 heavy (non-hydrogen) atoms. The molecule has 168 valence electrons. The molecule has 7 nitrogen and oxygen atoms in total. The number of nitrogens with one attached hydrogen (secondary N) is 1. The Hall–Kier alpha value is -3.69. The first kappa shape index (κ1) is 22.5. The van der Waals surface area contributed by atoms with Gasteiger partial charge in [0, 0.05) is 10.9 Å². The van der Waals surface area contributed by atoms with Gasteiger partial charge in [-0.1, -0.05) is 18.2 Å². The summed E-state index contributed by atoms with van der Waals surface area (Å²) in [5, 5.41) is 4.68. The van der Waals surface area contributed by atoms with Gasteiger partial charge in [0.1, 0.15) is 23.0 Å². The number of benzene rings is 3. The highest BCUT2D eigenvalue weighted by Crippen LogP contribution is 2.28. The van der Waals surface area contributed by atoms with E-state index in [2.05, 4.69) is 10.3 Å². The zero-order valence-electron chi connectivity index (χ0n) is 17.6. The maximum Gasteiger partial charge on any atom is 0.241 e. The summed E-state index contributed by atoms with van der Waals surface area (Å²) >= 11 is 1.22. The minimum absolute atomic E-state index is 0.0519. The lowest BCUT2D eigenvalue weighted by Gasteiger charge is -2.06. The number of thiazole rings is 1. The fraction of sp³-hybridized carbons (Fsp3) is 0.0833. The molecule has 0 fully saturated rings. The minimum atomic E-state index is -3.79. The fourth-order valence-corrected chi connectivity index (χ4v) is 4.85. The molecular formula is C24H20N2O5S2. The highest BCUT2D eigenvalue weighted by Gasteiger charge is 2.20. The van der Waals surface area contributed by atoms with Crippen LogP contribution in [0.5, 0.6) is 17.2 Å². The molecule has 1 heterocycles. The molecule has 0 aliphatic rings. The van der Waals surface area contributed by atoms with Crippen molar-refractivity contribution in [2.75, 3.05) is 18.2 Å². The minimum Gasteiger partial charge on any atom is -0.497 e. The number of nitrogens with zero attached hydrogens (tertiary/aromatic N) is 1. The average molecular weight is 481 g/mol. The Morgan fingerprint density at radius 3 is 2.21 bits per heavy atom. The summed E-state index contributed by atoms with van der Waals surface area (Å²) in [6.45, 7) is 0. The van der Waals surface area contributed by atoms with E-state index in [-0.39, 0.29) is 4.90 Å². The van der Waals surface area contributed by atoms with Crippen LogP contribution < -0.4 is 14.8 Å². The van der Waals surface area contributed by atoms with Gasteiger partial charge < -0.3 is 14.8 Å². The van der Waals surface area contributed by atoms with Crippen LogP contribution in [-0.2, 0) is 14.6 Å². The first-order chi connectivity index (χ1) is 15.9. The molecular weight excluding hydrogens is 460 g/mol. The van der Waals surface area contributed by atoms with Crippen molar-refractivity contribution in [2.24, 2.45) is 0 Å². The van der Waals surface area contributed by atoms with Crippen molar-refractivity contribution in [1.82, 2.24) is 4.98 Å². The Balaban J connectivity index is 1.38. The van der Waals surface area contributed by atoms with Gasteiger partial charge in [-0.3, -0.25) is 4.79 Å². The van der Waals surface area contributed by atoms with Gasteiger partial charge in [-0.05, 0) is 60.7 Å². The van der Waals surface area contributed by atoms with Crippen molar-refractivity contribution in [2.45, 2.75) is 4.90 Å². The van der Waals surface area contributed by atoms with Crippen molar-refractivity contribution in [3.05, 3.63) is 84.2 Å². The molecule has 1 amide bonds. The molecule has 0 bridgehead atoms. The number of amides is 1. The number of carbonyl (C=O) groups is 1. The van der Waals surface area contributed by atoms with Gasteiger partial charge >= 0.3 is 0 Å². The quantitative estimate of drug-likeness (QED) is 0.380. The van der Waals surface area contributed by atoms with E-state index in [1.54, 1.807) is 5.38 Å². The van der Waals surface area contributed by atoms with E-state index in [9.17, 15) is 13.2 Å². The van der Waals surface area contributed by atoms with Crippen LogP contribution in [0.2, 0.25) is 0 Å². The van der Waals surface area contributed by atoms with Gasteiger partial charge in [-0.25, -0.2) is 13.4 Å². The van der Waals surface area contributed by atoms with Crippen molar-refractivity contribution in [3.8, 4) is 28.5 Å². The number of hydrogen-bond donors (Lipinski definition) is 1. The first-order valence-electron chi connectivity index (χ1n) is 9.88. The third kappa shape index (κ3) is 5.76. The second kappa shape index (κ2) is 9.85. The lowest BCUT2D eigenvalue weighted by Crippen LogP contribution is -2.22. The third-order valence-electron chi connectivity index (χ3n) is 4.62. The van der Waals surface area contributed by atoms with Gasteiger partial charge in [0.25, 0.3) is 0 Å². The predicted octanol–water partition coefficient (Wildman–Crippen LogP) is 5.02. The summed E-state index contributed by atoms with van der Waals surface area (Å²) in [4.78, 5) is 16.8. The first-order valence-corrected chi connectivity index (χ1v) is 12.4. The molecule has 0 atom stereocenters. The van der Waals surface area contributed by atoms with Crippen LogP contribution in [0.25, 0.3) is 11.3 Å². The third-order valence-corrected chi connectivity index (χ3v) is 7.01. The summed E-state index contributed by atoms with van der Waals surface area (Å²) in [5.41, 5.74) is 1.51. The number of aromatic nitrogens is 1. The molecule has 0 radical (unpaired) electrons. The molecule has 0 saturated heterocycles. The Bertz CT molecular complexity index is 1330. The molecule has 1 N–H and O–H groups in total. The molecule has 0 aliphatic carbocycles. The van der Waals surface area contributed by atoms with Crippen LogP contribution in [0.1, 0.15) is 0 Å². The summed E-state index contributed by atoms with van der Waals surface area (Å²) in [6.07, 6.45) is 0. The Labute approximate surface area is 195 Å². The van der Waals surface area contributed by atoms with Crippen LogP contribution in [0.3, 0.4) is 0 Å². The normalized spacial score (nSPS) is 11.1. The lowest BCUT2D eigenvalue weighted by molar-refractivity contribution is -0.113. The Morgan fingerprint density at radius 2 is 1.55 bits per heavy atom. The second-order valence-electron chi connectivity index (χ2n) is 6.96. The topological polar surface area (TPSA) is 94.6 Å². The number of methoxy groups -OCH3 is 1. The van der Waals surface area contributed by atoms with E-state index in [4.69, 9.17) is 9.47 Å². The van der Waals surface area contributed by atoms with E-state index in [0.29, 0.717) is 22.3 Å². The molecule has 4 aromatic rings. The standard InChI is InChI=1S/C24H20N2O5S2/c1-30-18-11-13-21(14-12-18)33(28,29)16-23(27)26-24-25-22(15-32-24)17-7-9-20(10-8-17)31-19-5-3-2-4-6-19/h2-15H,16H2,1H3,(H,25,26,27). The van der Waals surface area contributed by atoms with E-state index in [1.165, 1.54) is 42.7 Å². The van der Waals surface area contributed by atoms with Crippen molar-refractivity contribution < 1.29 is 22.7 Å². The fourth-order valence-electron chi connectivity index (χ4n) is 2.98. The summed E-state index contributed by atoms with van der Waals surface area (Å²) in [6, 6.07) is 22.8. The maximum atomic E-state index is 12.5. The number of carbonyl (C=O) groups excluding carboxylic acids is 1. The maximum absolute atomic E-state index is 12.5. The monoisotopic (exact) mass is 480 g/mol. The molecule has 1 aromatic heterocycles. The Kier molecular flexibility index (Phi) is 6.71. The van der Waals surface area contributed by atoms with E-state index < -0.39 is 21.5 Å². The van der Waals surface area contributed by atoms with Crippen LogP contribution in [0, 0.1) is 0 Å². The van der Waals surface area contributed by atoms with E-state index in [1.807, 2.05) is 54.6 Å². The highest BCUT2D eigenvalue weighted by atomic mass is 32.2. The SMILES string of the molecule is COc1ccc(S(=O)(=O)CC(=O)Nc2nc(-c3ccc(Oc4ccccc4)cc3)cs2)cc1. The average Bonchev–Trinajstić information content (AvgIpc) is 3.28. The number of hydrogen-bond acceptors (Lipinski definition) is 7. The zero-order chi connectivity index (χ0) is 23.3. The summed E-state index contributed by atoms with van der Waals surface area (Å²) in [7, 11) is -2.29. The molecule has 9 heteroatoms. The summed E-state index contributed by atoms with van der Waals surface area (Å²) < 4.78 is 35.8. The van der Waals surface area contributed by atoms with Crippen LogP contribution in [0.15, 0.2) is 89.1 Å². The number of rotatable bonds is 8. The molecule has 3 aromatic carbocycles. The van der Waals surface area contributed by atoms with Gasteiger partial charge in [-0.15, -0.1) is 11.3 Å². The van der Waals surface area contributed by atoms with Crippen LogP contribution in [-0.4, -0.2) is 32.2 Å². The molecule has 0 saturated carbocycles. The smallest absolute Gasteiger partial charge is 0.241 e. The lowest BCUT2D eigenvalue weighted by atomic mass is 10.2. The molecule has 0 spiro atoms. The molecule has 0 aliphatic heterocycles. The number of ether oxygens (including phenoxy) is 2. The van der Waals surface area contributed by atoms with E-state index >= 15 is 0 Å². The predicted molar refractivity (Wildman–Crippen MR) is 128 cm³/mol. The van der Waals surface area contributed by atoms with Crippen molar-refractivity contribution >= 4 is 32.2 Å². The Morgan fingerprint density at radius 1 is 0.909 bits per heavy atom. The van der Waals surface area contributed by atoms with Crippen LogP contribution >= 0.6 is 11.3 Å². The van der Waals surface area contributed by atoms with E-state index in [0.717, 1.165) is 11.3 Å². The molecule has 4 rings (SSSR count). The summed E-state index contributed by atoms with van der Waals surface area (Å²) in [5.74, 6) is 0.636. The van der Waals surface area contributed by atoms with Gasteiger partial charge in [0.2, 0.25) is 5.91 Å². The van der Waals surface area contributed by atoms with Gasteiger partial charge in [-0.2, -0.15) is 0 Å². The largest absolute Gasteiger partial charge is 0.497 e. The second-order valence-corrected chi connectivity index (χ2v) is 9.81. The van der Waals surface area contributed by atoms with Crippen molar-refractivity contribution in [3.63, 3.8) is 0 Å². The van der Waals surface area contributed by atoms with Crippen molar-refractivity contribution in [1.29, 1.82) is 0 Å². The number of sulfone groups is 1. The van der Waals surface area contributed by atoms with Gasteiger partial charge in [0.05, 0.1) is 17.7 Å². The van der Waals surface area contributed by atoms with Crippen LogP contribution in [0.4, 0.5) is 5.13 Å². The number of anilines is 1. The van der Waals surface area contributed by atoms with Gasteiger partial charge in [0.15, 0.2) is 15.0 Å².